The van der Waals surface area contributed by atoms with Crippen LogP contribution in [0.5, 0.6) is 0 Å². The maximum absolute atomic E-state index is 8.92. The Hall–Kier alpha value is -0.221. The van der Waals surface area contributed by atoms with E-state index in [9.17, 15) is 0 Å². The molecule has 0 bridgehead atoms. The van der Waals surface area contributed by atoms with Crippen LogP contribution in [0.15, 0.2) is 0 Å². The summed E-state index contributed by atoms with van der Waals surface area (Å²) in [7, 11) is 0. The van der Waals surface area contributed by atoms with Crippen molar-refractivity contribution in [1.82, 2.24) is 0 Å². The van der Waals surface area contributed by atoms with Crippen molar-refractivity contribution >= 4 is 12.6 Å². The molecular formula is C4H8CuN2O2. The predicted octanol–water partition coefficient (Wildman–Crippen LogP) is -1.89. The van der Waals surface area contributed by atoms with Crippen LogP contribution in [-0.2, 0) is 26.7 Å². The smallest absolute Gasteiger partial charge is 0.541 e. The fourth-order valence-corrected chi connectivity index (χ4v) is 0. The molecule has 0 aromatic heterocycles. The SMILES string of the molecule is NC[C-]=O.NC[C-]=O.[Cu+2]. The monoisotopic (exact) mass is 179 g/mol. The van der Waals surface area contributed by atoms with Gasteiger partial charge in [-0.15, -0.1) is 13.1 Å². The molecule has 0 heterocycles. The molecule has 0 atom stereocenters. The van der Waals surface area contributed by atoms with Gasteiger partial charge >= 0.3 is 17.1 Å². The maximum atomic E-state index is 8.92. The fourth-order valence-electron chi connectivity index (χ4n) is 0. The van der Waals surface area contributed by atoms with Crippen molar-refractivity contribution in [2.45, 2.75) is 0 Å². The Kier molecular flexibility index (Phi) is 44.2. The summed E-state index contributed by atoms with van der Waals surface area (Å²) < 4.78 is 0. The van der Waals surface area contributed by atoms with E-state index in [2.05, 4.69) is 11.5 Å². The zero-order valence-electron chi connectivity index (χ0n) is 4.69. The molecule has 0 aromatic rings. The summed E-state index contributed by atoms with van der Waals surface area (Å²) in [6, 6.07) is 0. The van der Waals surface area contributed by atoms with Gasteiger partial charge in [0.1, 0.15) is 0 Å². The van der Waals surface area contributed by atoms with E-state index >= 15 is 0 Å². The molecule has 0 aliphatic heterocycles. The Morgan fingerprint density at radius 2 is 1.11 bits per heavy atom. The first-order chi connectivity index (χ1) is 3.83. The van der Waals surface area contributed by atoms with E-state index in [0.29, 0.717) is 0 Å². The minimum atomic E-state index is 0. The van der Waals surface area contributed by atoms with Crippen molar-refractivity contribution in [2.75, 3.05) is 13.1 Å². The first-order valence-electron chi connectivity index (χ1n) is 1.93. The maximum Gasteiger partial charge on any atom is 2.00 e. The van der Waals surface area contributed by atoms with E-state index in [4.69, 9.17) is 9.59 Å². The van der Waals surface area contributed by atoms with Crippen LogP contribution in [0.1, 0.15) is 0 Å². The van der Waals surface area contributed by atoms with Crippen molar-refractivity contribution in [1.29, 1.82) is 0 Å². The van der Waals surface area contributed by atoms with Gasteiger partial charge in [-0.2, -0.15) is 0 Å². The van der Waals surface area contributed by atoms with Gasteiger partial charge in [-0.05, 0) is 0 Å². The third kappa shape index (κ3) is 82.1. The molecule has 5 heteroatoms. The Morgan fingerprint density at radius 1 is 1.00 bits per heavy atom. The standard InChI is InChI=1S/2C2H4NO.Cu/c2*3-1-2-4;/h2*1,3H2;/q2*-1;+2. The second-order valence-electron chi connectivity index (χ2n) is 0.697. The molecule has 0 unspecified atom stereocenters. The minimum Gasteiger partial charge on any atom is -0.541 e. The van der Waals surface area contributed by atoms with Gasteiger partial charge in [-0.25, -0.2) is 0 Å². The molecule has 0 rings (SSSR count). The summed E-state index contributed by atoms with van der Waals surface area (Å²) in [6.07, 6.45) is 2.92. The molecule has 4 N–H and O–H groups in total. The quantitative estimate of drug-likeness (QED) is 0.383. The van der Waals surface area contributed by atoms with Gasteiger partial charge in [-0.1, -0.05) is 0 Å². The molecule has 9 heavy (non-hydrogen) atoms. The average Bonchev–Trinajstić information content (AvgIpc) is 1.88. The Bertz CT molecular complexity index is 52.5. The van der Waals surface area contributed by atoms with Gasteiger partial charge < -0.3 is 21.1 Å². The Balaban J connectivity index is -0.0000000720. The van der Waals surface area contributed by atoms with E-state index in [1.165, 1.54) is 12.6 Å². The predicted molar refractivity (Wildman–Crippen MR) is 29.5 cm³/mol. The van der Waals surface area contributed by atoms with Crippen LogP contribution in [-0.4, -0.2) is 25.7 Å². The third-order valence-corrected chi connectivity index (χ3v) is 0.167. The summed E-state index contributed by atoms with van der Waals surface area (Å²) in [5.41, 5.74) is 9.21. The number of carbonyl (C=O) groups excluding carboxylic acids is 2. The van der Waals surface area contributed by atoms with Crippen molar-refractivity contribution in [3.63, 3.8) is 0 Å². The summed E-state index contributed by atoms with van der Waals surface area (Å²) in [5.74, 6) is 0. The van der Waals surface area contributed by atoms with Gasteiger partial charge in [0.15, 0.2) is 0 Å². The molecule has 1 radical (unpaired) electrons. The topological polar surface area (TPSA) is 86.2 Å². The molecule has 0 spiro atoms. The number of hydrogen-bond acceptors (Lipinski definition) is 4. The largest absolute Gasteiger partial charge is 2.00 e. The van der Waals surface area contributed by atoms with E-state index in [1.807, 2.05) is 0 Å². The molecule has 4 nitrogen and oxygen atoms in total. The zero-order valence-corrected chi connectivity index (χ0v) is 5.63. The van der Waals surface area contributed by atoms with E-state index in [0.717, 1.165) is 0 Å². The average molecular weight is 180 g/mol. The van der Waals surface area contributed by atoms with Crippen LogP contribution in [0.3, 0.4) is 0 Å². The normalized spacial score (nSPS) is 5.56. The summed E-state index contributed by atoms with van der Waals surface area (Å²) in [4.78, 5) is 17.8. The van der Waals surface area contributed by atoms with Gasteiger partial charge in [-0.3, -0.25) is 12.6 Å². The number of hydrogen-bond donors (Lipinski definition) is 2. The third-order valence-electron chi connectivity index (χ3n) is 0.167. The zero-order chi connectivity index (χ0) is 6.83. The van der Waals surface area contributed by atoms with Crippen LogP contribution in [0.4, 0.5) is 0 Å². The van der Waals surface area contributed by atoms with Crippen molar-refractivity contribution in [2.24, 2.45) is 11.5 Å². The number of nitrogens with two attached hydrogens (primary N) is 2. The molecule has 57 valence electrons. The van der Waals surface area contributed by atoms with Crippen molar-refractivity contribution in [3.8, 4) is 0 Å². The molecule has 0 saturated heterocycles. The second kappa shape index (κ2) is 25.0. The van der Waals surface area contributed by atoms with Crippen LogP contribution >= 0.6 is 0 Å². The fraction of sp³-hybridized carbons (Fsp3) is 0.500. The first kappa shape index (κ1) is 15.9. The van der Waals surface area contributed by atoms with Crippen LogP contribution in [0, 0.1) is 0 Å². The van der Waals surface area contributed by atoms with Crippen molar-refractivity contribution in [3.05, 3.63) is 0 Å². The number of rotatable bonds is 2. The molecule has 0 aromatic carbocycles. The van der Waals surface area contributed by atoms with Gasteiger partial charge in [0, 0.05) is 0 Å². The molecule has 0 fully saturated rings. The molecule has 0 aliphatic carbocycles. The van der Waals surface area contributed by atoms with Crippen LogP contribution in [0.2, 0.25) is 0 Å². The van der Waals surface area contributed by atoms with Crippen molar-refractivity contribution < 1.29 is 26.7 Å². The first-order valence-corrected chi connectivity index (χ1v) is 1.93. The van der Waals surface area contributed by atoms with Gasteiger partial charge in [0.25, 0.3) is 0 Å². The van der Waals surface area contributed by atoms with Gasteiger partial charge in [0.2, 0.25) is 0 Å². The van der Waals surface area contributed by atoms with E-state index < -0.39 is 0 Å². The summed E-state index contributed by atoms with van der Waals surface area (Å²) in [6.45, 7) is 0.0278. The van der Waals surface area contributed by atoms with Gasteiger partial charge in [0.05, 0.1) is 0 Å². The molecule has 0 aliphatic rings. The summed E-state index contributed by atoms with van der Waals surface area (Å²) >= 11 is 0. The minimum absolute atomic E-state index is 0. The Labute approximate surface area is 64.4 Å². The van der Waals surface area contributed by atoms with E-state index in [-0.39, 0.29) is 30.2 Å². The van der Waals surface area contributed by atoms with Crippen LogP contribution in [0.25, 0.3) is 0 Å². The summed E-state index contributed by atoms with van der Waals surface area (Å²) in [5, 5.41) is 0. The molecular weight excluding hydrogens is 172 g/mol. The Morgan fingerprint density at radius 3 is 1.11 bits per heavy atom. The van der Waals surface area contributed by atoms with Crippen LogP contribution < -0.4 is 11.5 Å². The molecule has 0 amide bonds. The van der Waals surface area contributed by atoms with E-state index in [1.54, 1.807) is 0 Å². The molecule has 0 saturated carbocycles. The second-order valence-corrected chi connectivity index (χ2v) is 0.697.